The van der Waals surface area contributed by atoms with Crippen LogP contribution in [0.3, 0.4) is 0 Å². The topological polar surface area (TPSA) is 188 Å². The van der Waals surface area contributed by atoms with E-state index in [1.807, 2.05) is 19.2 Å². The fourth-order valence-electron chi connectivity index (χ4n) is 2.22. The van der Waals surface area contributed by atoms with Gasteiger partial charge in [-0.05, 0) is 18.3 Å². The standard InChI is InChI=1S/C17H30N4O7/c1-8(2)5-10(21-17(28)14(18)9(3)4)16(27)20-11(6-12(22)23)15(26)19-7-13(24)25/h8-11,14H,5-7,18H2,1-4H3,(H,19,26)(H,20,27)(H,21,28)(H,22,23)(H,24,25). The Kier molecular flexibility index (Phi) is 10.8. The molecule has 0 rings (SSSR count). The first-order valence-corrected chi connectivity index (χ1v) is 8.92. The van der Waals surface area contributed by atoms with E-state index in [4.69, 9.17) is 15.9 Å². The van der Waals surface area contributed by atoms with Crippen LogP contribution in [-0.2, 0) is 24.0 Å². The van der Waals surface area contributed by atoms with Crippen LogP contribution >= 0.6 is 0 Å². The van der Waals surface area contributed by atoms with Gasteiger partial charge in [0.05, 0.1) is 12.5 Å². The van der Waals surface area contributed by atoms with Gasteiger partial charge in [0.15, 0.2) is 0 Å². The van der Waals surface area contributed by atoms with Crippen molar-refractivity contribution in [3.8, 4) is 0 Å². The van der Waals surface area contributed by atoms with Gasteiger partial charge in [-0.3, -0.25) is 24.0 Å². The molecule has 0 heterocycles. The maximum atomic E-state index is 12.6. The number of carbonyl (C=O) groups excluding carboxylic acids is 3. The Bertz CT molecular complexity index is 592. The molecule has 7 N–H and O–H groups in total. The zero-order valence-corrected chi connectivity index (χ0v) is 16.5. The molecule has 28 heavy (non-hydrogen) atoms. The summed E-state index contributed by atoms with van der Waals surface area (Å²) in [7, 11) is 0. The predicted molar refractivity (Wildman–Crippen MR) is 99.0 cm³/mol. The summed E-state index contributed by atoms with van der Waals surface area (Å²) in [5.41, 5.74) is 5.78. The normalized spacial score (nSPS) is 14.1. The highest BCUT2D eigenvalue weighted by Gasteiger charge is 2.30. The first-order chi connectivity index (χ1) is 12.8. The number of aliphatic carboxylic acids is 2. The van der Waals surface area contributed by atoms with Crippen molar-refractivity contribution >= 4 is 29.7 Å². The van der Waals surface area contributed by atoms with E-state index in [9.17, 15) is 24.0 Å². The highest BCUT2D eigenvalue weighted by atomic mass is 16.4. The molecule has 0 aromatic carbocycles. The molecule has 0 saturated carbocycles. The summed E-state index contributed by atoms with van der Waals surface area (Å²) < 4.78 is 0. The van der Waals surface area contributed by atoms with Crippen molar-refractivity contribution in [1.29, 1.82) is 0 Å². The summed E-state index contributed by atoms with van der Waals surface area (Å²) in [4.78, 5) is 58.4. The van der Waals surface area contributed by atoms with E-state index in [0.29, 0.717) is 0 Å². The van der Waals surface area contributed by atoms with Gasteiger partial charge < -0.3 is 31.9 Å². The van der Waals surface area contributed by atoms with Gasteiger partial charge in [0.2, 0.25) is 17.7 Å². The van der Waals surface area contributed by atoms with Crippen LogP contribution in [0.25, 0.3) is 0 Å². The number of nitrogens with one attached hydrogen (secondary N) is 3. The average molecular weight is 402 g/mol. The molecule has 3 amide bonds. The van der Waals surface area contributed by atoms with E-state index in [0.717, 1.165) is 0 Å². The van der Waals surface area contributed by atoms with Crippen molar-refractivity contribution in [3.05, 3.63) is 0 Å². The molecule has 0 aromatic heterocycles. The molecule has 0 aliphatic heterocycles. The third-order valence-electron chi connectivity index (χ3n) is 3.79. The van der Waals surface area contributed by atoms with Crippen LogP contribution in [0.1, 0.15) is 40.5 Å². The number of nitrogens with two attached hydrogens (primary N) is 1. The Balaban J connectivity index is 5.28. The summed E-state index contributed by atoms with van der Waals surface area (Å²) in [6.45, 7) is 6.42. The molecule has 11 heteroatoms. The lowest BCUT2D eigenvalue weighted by Crippen LogP contribution is -2.57. The van der Waals surface area contributed by atoms with Crippen molar-refractivity contribution in [2.75, 3.05) is 6.54 Å². The van der Waals surface area contributed by atoms with Crippen LogP contribution < -0.4 is 21.7 Å². The highest BCUT2D eigenvalue weighted by molar-refractivity contribution is 5.95. The summed E-state index contributed by atoms with van der Waals surface area (Å²) in [6, 6.07) is -3.35. The summed E-state index contributed by atoms with van der Waals surface area (Å²) in [6.07, 6.45) is -0.510. The SMILES string of the molecule is CC(C)CC(NC(=O)C(N)C(C)C)C(=O)NC(CC(=O)O)C(=O)NCC(=O)O. The zero-order valence-electron chi connectivity index (χ0n) is 16.5. The van der Waals surface area contributed by atoms with Crippen molar-refractivity contribution in [2.24, 2.45) is 17.6 Å². The second kappa shape index (κ2) is 11.9. The van der Waals surface area contributed by atoms with Gasteiger partial charge in [-0.1, -0.05) is 27.7 Å². The van der Waals surface area contributed by atoms with Crippen LogP contribution in [-0.4, -0.2) is 64.5 Å². The lowest BCUT2D eigenvalue weighted by Gasteiger charge is -2.25. The number of rotatable bonds is 12. The molecule has 0 bridgehead atoms. The minimum atomic E-state index is -1.49. The molecule has 0 saturated heterocycles. The molecular formula is C17H30N4O7. The molecule has 0 aliphatic rings. The number of hydrogen-bond donors (Lipinski definition) is 6. The van der Waals surface area contributed by atoms with Gasteiger partial charge in [-0.25, -0.2) is 0 Å². The molecule has 0 aliphatic carbocycles. The van der Waals surface area contributed by atoms with Gasteiger partial charge in [-0.2, -0.15) is 0 Å². The number of hydrogen-bond acceptors (Lipinski definition) is 6. The van der Waals surface area contributed by atoms with Crippen molar-refractivity contribution in [3.63, 3.8) is 0 Å². The third-order valence-corrected chi connectivity index (χ3v) is 3.79. The van der Waals surface area contributed by atoms with E-state index < -0.39 is 60.8 Å². The molecule has 0 spiro atoms. The third kappa shape index (κ3) is 9.86. The molecule has 11 nitrogen and oxygen atoms in total. The zero-order chi connectivity index (χ0) is 22.0. The Labute approximate surface area is 163 Å². The second-order valence-corrected chi connectivity index (χ2v) is 7.23. The van der Waals surface area contributed by atoms with Crippen molar-refractivity contribution < 1.29 is 34.2 Å². The maximum Gasteiger partial charge on any atom is 0.322 e. The van der Waals surface area contributed by atoms with Crippen LogP contribution in [0.5, 0.6) is 0 Å². The number of carboxylic acid groups (broad SMARTS) is 2. The molecule has 160 valence electrons. The minimum absolute atomic E-state index is 0.00471. The van der Waals surface area contributed by atoms with Gasteiger partial charge in [0, 0.05) is 0 Å². The Morgan fingerprint density at radius 2 is 1.36 bits per heavy atom. The van der Waals surface area contributed by atoms with E-state index in [2.05, 4.69) is 10.6 Å². The molecule has 0 fully saturated rings. The van der Waals surface area contributed by atoms with Crippen LogP contribution in [0.2, 0.25) is 0 Å². The summed E-state index contributed by atoms with van der Waals surface area (Å²) >= 11 is 0. The monoisotopic (exact) mass is 402 g/mol. The largest absolute Gasteiger partial charge is 0.481 e. The smallest absolute Gasteiger partial charge is 0.322 e. The van der Waals surface area contributed by atoms with E-state index >= 15 is 0 Å². The first kappa shape index (κ1) is 25.3. The molecular weight excluding hydrogens is 372 g/mol. The number of carboxylic acids is 2. The van der Waals surface area contributed by atoms with E-state index in [1.54, 1.807) is 13.8 Å². The van der Waals surface area contributed by atoms with Gasteiger partial charge in [0.1, 0.15) is 18.6 Å². The fourth-order valence-corrected chi connectivity index (χ4v) is 2.22. The lowest BCUT2D eigenvalue weighted by molar-refractivity contribution is -0.141. The lowest BCUT2D eigenvalue weighted by atomic mass is 10.00. The number of carbonyl (C=O) groups is 5. The first-order valence-electron chi connectivity index (χ1n) is 8.92. The quantitative estimate of drug-likeness (QED) is 0.231. The predicted octanol–water partition coefficient (Wildman–Crippen LogP) is -1.34. The van der Waals surface area contributed by atoms with E-state index in [1.165, 1.54) is 0 Å². The average Bonchev–Trinajstić information content (AvgIpc) is 2.56. The van der Waals surface area contributed by atoms with Gasteiger partial charge in [0.25, 0.3) is 0 Å². The fraction of sp³-hybridized carbons (Fsp3) is 0.706. The Morgan fingerprint density at radius 3 is 1.79 bits per heavy atom. The van der Waals surface area contributed by atoms with Crippen molar-refractivity contribution in [1.82, 2.24) is 16.0 Å². The molecule has 0 radical (unpaired) electrons. The maximum absolute atomic E-state index is 12.6. The van der Waals surface area contributed by atoms with Crippen LogP contribution in [0.4, 0.5) is 0 Å². The van der Waals surface area contributed by atoms with Crippen molar-refractivity contribution in [2.45, 2.75) is 58.7 Å². The van der Waals surface area contributed by atoms with Crippen LogP contribution in [0, 0.1) is 11.8 Å². The second-order valence-electron chi connectivity index (χ2n) is 7.23. The Hall–Kier alpha value is -2.69. The van der Waals surface area contributed by atoms with Gasteiger partial charge >= 0.3 is 11.9 Å². The molecule has 0 aromatic rings. The Morgan fingerprint density at radius 1 is 0.821 bits per heavy atom. The highest BCUT2D eigenvalue weighted by Crippen LogP contribution is 2.08. The molecule has 3 atom stereocenters. The summed E-state index contributed by atoms with van der Waals surface area (Å²) in [5.74, 6) is -5.08. The molecule has 3 unspecified atom stereocenters. The number of amides is 3. The summed E-state index contributed by atoms with van der Waals surface area (Å²) in [5, 5.41) is 24.4. The van der Waals surface area contributed by atoms with E-state index in [-0.39, 0.29) is 18.3 Å². The van der Waals surface area contributed by atoms with Gasteiger partial charge in [-0.15, -0.1) is 0 Å². The van der Waals surface area contributed by atoms with Crippen LogP contribution in [0.15, 0.2) is 0 Å². The minimum Gasteiger partial charge on any atom is -0.481 e.